The maximum Gasteiger partial charge on any atom is 0.525 e. The van der Waals surface area contributed by atoms with Gasteiger partial charge in [-0.1, -0.05) is 0 Å². The quantitative estimate of drug-likeness (QED) is 0.622. The number of ether oxygens (including phenoxy) is 1. The molecule has 0 aromatic carbocycles. The molecule has 0 saturated heterocycles. The highest BCUT2D eigenvalue weighted by atomic mass is 19.4. The third-order valence-corrected chi connectivity index (χ3v) is 0.653. The molecule has 0 aliphatic carbocycles. The molecule has 0 N–H and O–H groups in total. The van der Waals surface area contributed by atoms with Gasteiger partial charge in [0.25, 0.3) is 0 Å². The van der Waals surface area contributed by atoms with Crippen molar-refractivity contribution in [1.82, 2.24) is 0 Å². The highest BCUT2D eigenvalue weighted by Crippen LogP contribution is 2.27. The molecule has 0 aromatic heterocycles. The van der Waals surface area contributed by atoms with Crippen LogP contribution in [0.1, 0.15) is 6.42 Å². The number of hydrogen-bond donors (Lipinski definition) is 0. The van der Waals surface area contributed by atoms with Crippen molar-refractivity contribution in [3.05, 3.63) is 0 Å². The van der Waals surface area contributed by atoms with E-state index in [2.05, 4.69) is 4.74 Å². The minimum absolute atomic E-state index is 2.27. The molecule has 8 heteroatoms. The van der Waals surface area contributed by atoms with Crippen LogP contribution >= 0.6 is 0 Å². The molecular weight excluding hydrogens is 197 g/mol. The second kappa shape index (κ2) is 3.46. The summed E-state index contributed by atoms with van der Waals surface area (Å²) in [6.07, 6.45) is -16.1. The number of alkyl halides is 7. The van der Waals surface area contributed by atoms with Gasteiger partial charge in [-0.3, -0.25) is 4.74 Å². The Balaban J connectivity index is 3.83. The lowest BCUT2D eigenvalue weighted by molar-refractivity contribution is -0.368. The average molecular weight is 200 g/mol. The molecule has 1 atom stereocenters. The van der Waals surface area contributed by atoms with Crippen LogP contribution in [0.4, 0.5) is 30.7 Å². The van der Waals surface area contributed by atoms with E-state index in [4.69, 9.17) is 0 Å². The van der Waals surface area contributed by atoms with Crippen LogP contribution in [-0.4, -0.2) is 18.9 Å². The molecule has 0 fully saturated rings. The summed E-state index contributed by atoms with van der Waals surface area (Å²) < 4.78 is 80.9. The fraction of sp³-hybridized carbons (Fsp3) is 1.00. The van der Waals surface area contributed by atoms with Crippen LogP contribution in [0.2, 0.25) is 0 Å². The maximum absolute atomic E-state index is 11.7. The summed E-state index contributed by atoms with van der Waals surface area (Å²) in [6, 6.07) is 0. The van der Waals surface area contributed by atoms with Gasteiger partial charge in [-0.2, -0.15) is 13.2 Å². The number of hydrogen-bond acceptors (Lipinski definition) is 1. The van der Waals surface area contributed by atoms with E-state index in [1.54, 1.807) is 0 Å². The van der Waals surface area contributed by atoms with Gasteiger partial charge in [-0.15, -0.1) is 13.2 Å². The molecule has 0 saturated carbocycles. The Kier molecular flexibility index (Phi) is 3.31. The Hall–Kier alpha value is -0.530. The third-order valence-electron chi connectivity index (χ3n) is 0.653. The van der Waals surface area contributed by atoms with Gasteiger partial charge in [0.05, 0.1) is 6.42 Å². The van der Waals surface area contributed by atoms with Crippen molar-refractivity contribution in [2.75, 3.05) is 0 Å². The van der Waals surface area contributed by atoms with Crippen LogP contribution in [0.3, 0.4) is 0 Å². The Morgan fingerprint density at radius 3 is 1.67 bits per heavy atom. The predicted molar refractivity (Wildman–Crippen MR) is 22.7 cm³/mol. The smallest absolute Gasteiger partial charge is 0.257 e. The average Bonchev–Trinajstić information content (AvgIpc) is 1.49. The summed E-state index contributed by atoms with van der Waals surface area (Å²) in [6.45, 7) is 0. The predicted octanol–water partition coefficient (Wildman–Crippen LogP) is 2.77. The summed E-state index contributed by atoms with van der Waals surface area (Å²) in [5.41, 5.74) is 0. The lowest BCUT2D eigenvalue weighted by Gasteiger charge is -2.13. The summed E-state index contributed by atoms with van der Waals surface area (Å²) in [7, 11) is 0. The molecular formula is C4H3F7O. The van der Waals surface area contributed by atoms with Crippen molar-refractivity contribution in [2.45, 2.75) is 25.3 Å². The van der Waals surface area contributed by atoms with Gasteiger partial charge in [0.2, 0.25) is 6.36 Å². The molecule has 0 rings (SSSR count). The largest absolute Gasteiger partial charge is 0.525 e. The molecule has 0 aliphatic rings. The second-order valence-electron chi connectivity index (χ2n) is 1.79. The van der Waals surface area contributed by atoms with E-state index in [1.807, 2.05) is 0 Å². The van der Waals surface area contributed by atoms with Crippen LogP contribution < -0.4 is 0 Å². The Labute approximate surface area is 62.1 Å². The first-order chi connectivity index (χ1) is 5.10. The van der Waals surface area contributed by atoms with Crippen molar-refractivity contribution < 1.29 is 35.5 Å². The van der Waals surface area contributed by atoms with Crippen LogP contribution in [0, 0.1) is 0 Å². The minimum atomic E-state index is -5.38. The molecule has 0 bridgehead atoms. The van der Waals surface area contributed by atoms with E-state index in [9.17, 15) is 30.7 Å². The molecule has 0 aromatic rings. The lowest BCUT2D eigenvalue weighted by atomic mass is 10.4. The Morgan fingerprint density at radius 1 is 1.00 bits per heavy atom. The standard InChI is InChI=1S/C4H3F7O/c5-2(1-3(6,7)8)12-4(9,10)11/h2H,1H2. The van der Waals surface area contributed by atoms with Gasteiger partial charge in [-0.05, 0) is 0 Å². The fourth-order valence-corrected chi connectivity index (χ4v) is 0.369. The second-order valence-corrected chi connectivity index (χ2v) is 1.79. The topological polar surface area (TPSA) is 9.23 Å². The summed E-state index contributed by atoms with van der Waals surface area (Å²) >= 11 is 0. The summed E-state index contributed by atoms with van der Waals surface area (Å²) in [4.78, 5) is 0. The molecule has 0 aliphatic heterocycles. The van der Waals surface area contributed by atoms with E-state index in [1.165, 1.54) is 0 Å². The highest BCUT2D eigenvalue weighted by Gasteiger charge is 2.39. The minimum Gasteiger partial charge on any atom is -0.257 e. The highest BCUT2D eigenvalue weighted by molar-refractivity contribution is 4.53. The number of halogens is 7. The first-order valence-electron chi connectivity index (χ1n) is 2.55. The molecule has 1 nitrogen and oxygen atoms in total. The summed E-state index contributed by atoms with van der Waals surface area (Å²) in [5.74, 6) is 0. The van der Waals surface area contributed by atoms with Crippen LogP contribution in [-0.2, 0) is 4.74 Å². The van der Waals surface area contributed by atoms with Crippen molar-refractivity contribution in [1.29, 1.82) is 0 Å². The molecule has 1 unspecified atom stereocenters. The van der Waals surface area contributed by atoms with Crippen LogP contribution in [0.25, 0.3) is 0 Å². The molecule has 0 spiro atoms. The SMILES string of the molecule is FC(CC(F)(F)F)OC(F)(F)F. The maximum atomic E-state index is 11.7. The van der Waals surface area contributed by atoms with E-state index >= 15 is 0 Å². The van der Waals surface area contributed by atoms with Gasteiger partial charge < -0.3 is 0 Å². The van der Waals surface area contributed by atoms with Crippen molar-refractivity contribution >= 4 is 0 Å². The van der Waals surface area contributed by atoms with E-state index in [-0.39, 0.29) is 0 Å². The third kappa shape index (κ3) is 7.58. The van der Waals surface area contributed by atoms with Crippen molar-refractivity contribution in [2.24, 2.45) is 0 Å². The van der Waals surface area contributed by atoms with Gasteiger partial charge >= 0.3 is 12.5 Å². The molecule has 0 heterocycles. The summed E-state index contributed by atoms with van der Waals surface area (Å²) in [5, 5.41) is 0. The van der Waals surface area contributed by atoms with Gasteiger partial charge in [-0.25, -0.2) is 4.39 Å². The molecule has 0 radical (unpaired) electrons. The van der Waals surface area contributed by atoms with Crippen molar-refractivity contribution in [3.63, 3.8) is 0 Å². The zero-order valence-corrected chi connectivity index (χ0v) is 5.34. The van der Waals surface area contributed by atoms with Crippen LogP contribution in [0.15, 0.2) is 0 Å². The normalized spacial score (nSPS) is 16.2. The Bertz CT molecular complexity index is 119. The van der Waals surface area contributed by atoms with Gasteiger partial charge in [0.15, 0.2) is 0 Å². The molecule has 12 heavy (non-hydrogen) atoms. The molecule has 0 amide bonds. The van der Waals surface area contributed by atoms with E-state index in [0.29, 0.717) is 0 Å². The molecule has 74 valence electrons. The first kappa shape index (κ1) is 11.5. The fourth-order valence-electron chi connectivity index (χ4n) is 0.369. The lowest BCUT2D eigenvalue weighted by Crippen LogP contribution is -2.25. The van der Waals surface area contributed by atoms with Crippen molar-refractivity contribution in [3.8, 4) is 0 Å². The van der Waals surface area contributed by atoms with E-state index < -0.39 is 25.3 Å². The van der Waals surface area contributed by atoms with Crippen LogP contribution in [0.5, 0.6) is 0 Å². The Morgan fingerprint density at radius 2 is 1.42 bits per heavy atom. The van der Waals surface area contributed by atoms with E-state index in [0.717, 1.165) is 0 Å². The van der Waals surface area contributed by atoms with Gasteiger partial charge in [0.1, 0.15) is 0 Å². The van der Waals surface area contributed by atoms with Gasteiger partial charge in [0, 0.05) is 0 Å². The monoisotopic (exact) mass is 200 g/mol. The zero-order valence-electron chi connectivity index (χ0n) is 5.34. The zero-order chi connectivity index (χ0) is 9.99. The first-order valence-corrected chi connectivity index (χ1v) is 2.55. The number of rotatable bonds is 2.